The zero-order valence-electron chi connectivity index (χ0n) is 11.8. The summed E-state index contributed by atoms with van der Waals surface area (Å²) in [6.07, 6.45) is 1.54. The predicted octanol–water partition coefficient (Wildman–Crippen LogP) is 3.48. The second kappa shape index (κ2) is 6.56. The normalized spacial score (nSPS) is 10.2. The molecule has 1 aromatic carbocycles. The Kier molecular flexibility index (Phi) is 4.79. The number of hydrogen-bond donors (Lipinski definition) is 2. The van der Waals surface area contributed by atoms with Gasteiger partial charge in [-0.15, -0.1) is 0 Å². The maximum Gasteiger partial charge on any atom is 0.150 e. The Morgan fingerprint density at radius 2 is 1.95 bits per heavy atom. The molecule has 0 aliphatic heterocycles. The van der Waals surface area contributed by atoms with Gasteiger partial charge in [-0.05, 0) is 41.1 Å². The van der Waals surface area contributed by atoms with E-state index in [0.717, 1.165) is 34.0 Å². The number of halogens is 1. The maximum absolute atomic E-state index is 4.27. The van der Waals surface area contributed by atoms with Gasteiger partial charge < -0.3 is 15.5 Å². The van der Waals surface area contributed by atoms with E-state index in [1.807, 2.05) is 33.2 Å². The highest BCUT2D eigenvalue weighted by Crippen LogP contribution is 2.29. The molecule has 0 amide bonds. The molecule has 2 N–H and O–H groups in total. The van der Waals surface area contributed by atoms with Crippen molar-refractivity contribution < 1.29 is 0 Å². The molecule has 0 saturated heterocycles. The van der Waals surface area contributed by atoms with Crippen molar-refractivity contribution in [2.24, 2.45) is 0 Å². The van der Waals surface area contributed by atoms with Crippen LogP contribution < -0.4 is 15.5 Å². The van der Waals surface area contributed by atoms with Crippen molar-refractivity contribution in [1.29, 1.82) is 0 Å². The predicted molar refractivity (Wildman–Crippen MR) is 87.9 cm³/mol. The monoisotopic (exact) mass is 335 g/mol. The lowest BCUT2D eigenvalue weighted by Crippen LogP contribution is -2.08. The summed E-state index contributed by atoms with van der Waals surface area (Å²) in [5.74, 6) is 1.53. The summed E-state index contributed by atoms with van der Waals surface area (Å²) < 4.78 is 0.831. The lowest BCUT2D eigenvalue weighted by Gasteiger charge is -2.15. The minimum absolute atomic E-state index is 0.742. The molecule has 2 aromatic rings. The first-order valence-electron chi connectivity index (χ1n) is 6.40. The van der Waals surface area contributed by atoms with Crippen LogP contribution in [-0.2, 0) is 0 Å². The van der Waals surface area contributed by atoms with Gasteiger partial charge in [0.25, 0.3) is 0 Å². The zero-order chi connectivity index (χ0) is 14.5. The minimum Gasteiger partial charge on any atom is -0.378 e. The van der Waals surface area contributed by atoms with E-state index >= 15 is 0 Å². The summed E-state index contributed by atoms with van der Waals surface area (Å²) in [5, 5.41) is 6.49. The molecule has 1 heterocycles. The van der Waals surface area contributed by atoms with Crippen LogP contribution in [0.1, 0.15) is 6.92 Å². The number of anilines is 4. The van der Waals surface area contributed by atoms with Crippen LogP contribution in [-0.4, -0.2) is 30.6 Å². The van der Waals surface area contributed by atoms with Crippen molar-refractivity contribution in [1.82, 2.24) is 9.97 Å². The van der Waals surface area contributed by atoms with Gasteiger partial charge in [-0.25, -0.2) is 9.97 Å². The fourth-order valence-electron chi connectivity index (χ4n) is 1.75. The topological polar surface area (TPSA) is 53.1 Å². The second-order valence-corrected chi connectivity index (χ2v) is 5.28. The van der Waals surface area contributed by atoms with Crippen molar-refractivity contribution in [2.45, 2.75) is 6.92 Å². The Morgan fingerprint density at radius 3 is 2.65 bits per heavy atom. The average molecular weight is 336 g/mol. The molecule has 2 rings (SSSR count). The molecule has 20 heavy (non-hydrogen) atoms. The smallest absolute Gasteiger partial charge is 0.150 e. The van der Waals surface area contributed by atoms with Gasteiger partial charge in [0.05, 0.1) is 0 Å². The lowest BCUT2D eigenvalue weighted by atomic mass is 10.2. The Bertz CT molecular complexity index is 586. The van der Waals surface area contributed by atoms with Crippen LogP contribution in [0.3, 0.4) is 0 Å². The summed E-state index contributed by atoms with van der Waals surface area (Å²) in [6.45, 7) is 2.84. The van der Waals surface area contributed by atoms with Crippen LogP contribution >= 0.6 is 15.9 Å². The number of hydrogen-bond acceptors (Lipinski definition) is 5. The molecule has 106 valence electrons. The highest BCUT2D eigenvalue weighted by Gasteiger charge is 2.08. The third-order valence-electron chi connectivity index (χ3n) is 2.76. The van der Waals surface area contributed by atoms with E-state index in [1.165, 1.54) is 0 Å². The maximum atomic E-state index is 4.27. The number of nitrogens with zero attached hydrogens (tertiary/aromatic N) is 3. The molecule has 0 fully saturated rings. The van der Waals surface area contributed by atoms with Gasteiger partial charge in [-0.2, -0.15) is 0 Å². The quantitative estimate of drug-likeness (QED) is 0.876. The molecule has 0 spiro atoms. The fraction of sp³-hybridized carbons (Fsp3) is 0.286. The minimum atomic E-state index is 0.742. The van der Waals surface area contributed by atoms with Crippen molar-refractivity contribution in [2.75, 3.05) is 36.2 Å². The summed E-state index contributed by atoms with van der Waals surface area (Å²) in [4.78, 5) is 10.5. The van der Waals surface area contributed by atoms with Gasteiger partial charge in [0.15, 0.2) is 0 Å². The summed E-state index contributed by atoms with van der Waals surface area (Å²) in [5.41, 5.74) is 2.12. The third kappa shape index (κ3) is 3.39. The Hall–Kier alpha value is -1.82. The number of aromatic nitrogens is 2. The molecular formula is C14H18BrN5. The molecule has 0 atom stereocenters. The van der Waals surface area contributed by atoms with Gasteiger partial charge in [0, 0.05) is 32.0 Å². The second-order valence-electron chi connectivity index (χ2n) is 4.48. The molecule has 0 radical (unpaired) electrons. The van der Waals surface area contributed by atoms with E-state index in [4.69, 9.17) is 0 Å². The SMILES string of the molecule is CCNc1ncnc(Nc2cccc(N(C)C)c2)c1Br. The Balaban J connectivity index is 2.26. The molecule has 5 nitrogen and oxygen atoms in total. The first-order chi connectivity index (χ1) is 9.61. The molecule has 0 aliphatic rings. The lowest BCUT2D eigenvalue weighted by molar-refractivity contribution is 1.10. The standard InChI is InChI=1S/C14H18BrN5/c1-4-16-13-12(15)14(18-9-17-13)19-10-6-5-7-11(8-10)20(2)3/h5-9H,4H2,1-3H3,(H2,16,17,18,19). The molecule has 6 heteroatoms. The summed E-state index contributed by atoms with van der Waals surface area (Å²) in [6, 6.07) is 8.15. The number of rotatable bonds is 5. The van der Waals surface area contributed by atoms with Gasteiger partial charge >= 0.3 is 0 Å². The molecule has 0 aliphatic carbocycles. The van der Waals surface area contributed by atoms with Crippen LogP contribution in [0.2, 0.25) is 0 Å². The Morgan fingerprint density at radius 1 is 1.20 bits per heavy atom. The fourth-order valence-corrected chi connectivity index (χ4v) is 2.19. The highest BCUT2D eigenvalue weighted by atomic mass is 79.9. The van der Waals surface area contributed by atoms with Crippen molar-refractivity contribution in [3.05, 3.63) is 35.1 Å². The number of benzene rings is 1. The van der Waals surface area contributed by atoms with Crippen molar-refractivity contribution in [3.8, 4) is 0 Å². The van der Waals surface area contributed by atoms with Crippen LogP contribution in [0.5, 0.6) is 0 Å². The summed E-state index contributed by atoms with van der Waals surface area (Å²) in [7, 11) is 4.03. The molecule has 0 unspecified atom stereocenters. The van der Waals surface area contributed by atoms with Gasteiger partial charge in [0.1, 0.15) is 22.4 Å². The van der Waals surface area contributed by atoms with Gasteiger partial charge in [-0.1, -0.05) is 6.07 Å². The van der Waals surface area contributed by atoms with Crippen LogP contribution in [0.4, 0.5) is 23.0 Å². The van der Waals surface area contributed by atoms with Gasteiger partial charge in [0.2, 0.25) is 0 Å². The summed E-state index contributed by atoms with van der Waals surface area (Å²) >= 11 is 3.53. The molecule has 0 saturated carbocycles. The Labute approximate surface area is 127 Å². The van der Waals surface area contributed by atoms with E-state index in [0.29, 0.717) is 0 Å². The van der Waals surface area contributed by atoms with Crippen LogP contribution in [0.15, 0.2) is 35.1 Å². The van der Waals surface area contributed by atoms with E-state index < -0.39 is 0 Å². The first kappa shape index (κ1) is 14.6. The van der Waals surface area contributed by atoms with Crippen LogP contribution in [0, 0.1) is 0 Å². The van der Waals surface area contributed by atoms with E-state index in [9.17, 15) is 0 Å². The van der Waals surface area contributed by atoms with E-state index in [1.54, 1.807) is 6.33 Å². The molecule has 1 aromatic heterocycles. The van der Waals surface area contributed by atoms with Crippen LogP contribution in [0.25, 0.3) is 0 Å². The molecule has 0 bridgehead atoms. The average Bonchev–Trinajstić information content (AvgIpc) is 2.44. The third-order valence-corrected chi connectivity index (χ3v) is 3.51. The van der Waals surface area contributed by atoms with Crippen molar-refractivity contribution >= 4 is 38.9 Å². The largest absolute Gasteiger partial charge is 0.378 e. The first-order valence-corrected chi connectivity index (χ1v) is 7.20. The van der Waals surface area contributed by atoms with Gasteiger partial charge in [-0.3, -0.25) is 0 Å². The van der Waals surface area contributed by atoms with E-state index in [-0.39, 0.29) is 0 Å². The highest BCUT2D eigenvalue weighted by molar-refractivity contribution is 9.10. The number of nitrogens with one attached hydrogen (secondary N) is 2. The zero-order valence-corrected chi connectivity index (χ0v) is 13.4. The molecular weight excluding hydrogens is 318 g/mol. The van der Waals surface area contributed by atoms with Crippen molar-refractivity contribution in [3.63, 3.8) is 0 Å². The van der Waals surface area contributed by atoms with E-state index in [2.05, 4.69) is 53.6 Å².